The molecule has 0 fully saturated rings. The number of benzene rings is 1. The van der Waals surface area contributed by atoms with Gasteiger partial charge in [0, 0.05) is 6.04 Å². The first-order valence-corrected chi connectivity index (χ1v) is 6.83. The topological polar surface area (TPSA) is 90.6 Å². The molecule has 2 unspecified atom stereocenters. The van der Waals surface area contributed by atoms with Gasteiger partial charge < -0.3 is 20.5 Å². The predicted octanol–water partition coefficient (Wildman–Crippen LogP) is 1.58. The van der Waals surface area contributed by atoms with Gasteiger partial charge in [-0.15, -0.1) is 0 Å². The van der Waals surface area contributed by atoms with E-state index in [4.69, 9.17) is 10.5 Å². The fourth-order valence-electron chi connectivity index (χ4n) is 1.73. The zero-order valence-corrected chi connectivity index (χ0v) is 12.4. The summed E-state index contributed by atoms with van der Waals surface area (Å²) in [4.78, 5) is 23.3. The van der Waals surface area contributed by atoms with E-state index < -0.39 is 18.1 Å². The number of methoxy groups -OCH3 is 1. The van der Waals surface area contributed by atoms with Crippen LogP contribution in [0.1, 0.15) is 25.3 Å². The fourth-order valence-corrected chi connectivity index (χ4v) is 1.73. The van der Waals surface area contributed by atoms with Crippen LogP contribution in [0.5, 0.6) is 0 Å². The first-order valence-electron chi connectivity index (χ1n) is 6.83. The van der Waals surface area contributed by atoms with Crippen molar-refractivity contribution in [1.82, 2.24) is 5.32 Å². The van der Waals surface area contributed by atoms with Crippen molar-refractivity contribution in [3.8, 4) is 0 Å². The van der Waals surface area contributed by atoms with Crippen LogP contribution in [0.4, 0.5) is 4.79 Å². The summed E-state index contributed by atoms with van der Waals surface area (Å²) in [6.45, 7) is 1.98. The Hall–Kier alpha value is -2.08. The number of rotatable bonds is 7. The number of carbonyl (C=O) groups excluding carboxylic acids is 2. The molecule has 6 nitrogen and oxygen atoms in total. The molecule has 1 aromatic rings. The molecule has 0 saturated carbocycles. The minimum absolute atomic E-state index is 0.0562. The van der Waals surface area contributed by atoms with Crippen LogP contribution in [-0.2, 0) is 20.9 Å². The highest BCUT2D eigenvalue weighted by Gasteiger charge is 2.22. The van der Waals surface area contributed by atoms with Crippen LogP contribution in [0.3, 0.4) is 0 Å². The van der Waals surface area contributed by atoms with Crippen molar-refractivity contribution in [1.29, 1.82) is 0 Å². The molecule has 0 heterocycles. The maximum absolute atomic E-state index is 11.7. The van der Waals surface area contributed by atoms with Gasteiger partial charge in [-0.05, 0) is 25.3 Å². The molecule has 0 aliphatic carbocycles. The van der Waals surface area contributed by atoms with Crippen molar-refractivity contribution in [2.75, 3.05) is 7.11 Å². The van der Waals surface area contributed by atoms with Gasteiger partial charge in [0.05, 0.1) is 7.11 Å². The van der Waals surface area contributed by atoms with E-state index in [1.807, 2.05) is 37.3 Å². The van der Waals surface area contributed by atoms with Crippen LogP contribution < -0.4 is 11.1 Å². The molecule has 0 saturated heterocycles. The van der Waals surface area contributed by atoms with E-state index in [0.29, 0.717) is 12.8 Å². The van der Waals surface area contributed by atoms with Crippen molar-refractivity contribution < 1.29 is 19.1 Å². The molecule has 21 heavy (non-hydrogen) atoms. The Morgan fingerprint density at radius 3 is 2.48 bits per heavy atom. The zero-order valence-electron chi connectivity index (χ0n) is 12.4. The number of hydrogen-bond acceptors (Lipinski definition) is 5. The summed E-state index contributed by atoms with van der Waals surface area (Å²) < 4.78 is 9.73. The zero-order chi connectivity index (χ0) is 15.7. The normalized spacial score (nSPS) is 13.1. The van der Waals surface area contributed by atoms with Gasteiger partial charge in [0.25, 0.3) is 0 Å². The van der Waals surface area contributed by atoms with E-state index >= 15 is 0 Å². The van der Waals surface area contributed by atoms with Crippen LogP contribution in [-0.4, -0.2) is 31.3 Å². The number of amides is 1. The van der Waals surface area contributed by atoms with Crippen LogP contribution in [0.25, 0.3) is 0 Å². The number of carbonyl (C=O) groups is 2. The Balaban J connectivity index is 2.45. The maximum atomic E-state index is 11.7. The Bertz CT molecular complexity index is 448. The lowest BCUT2D eigenvalue weighted by Crippen LogP contribution is -2.42. The molecule has 0 aromatic heterocycles. The standard InChI is InChI=1S/C15H22N2O4/c1-11(16)8-9-13(14(18)20-2)17-15(19)21-10-12-6-4-3-5-7-12/h3-7,11,13H,8-10,16H2,1-2H3,(H,17,19). The molecular formula is C15H22N2O4. The summed E-state index contributed by atoms with van der Waals surface area (Å²) in [5.41, 5.74) is 6.52. The lowest BCUT2D eigenvalue weighted by molar-refractivity contribution is -0.143. The maximum Gasteiger partial charge on any atom is 0.408 e. The predicted molar refractivity (Wildman–Crippen MR) is 78.5 cm³/mol. The minimum Gasteiger partial charge on any atom is -0.467 e. The molecule has 1 amide bonds. The first kappa shape index (κ1) is 17.0. The average Bonchev–Trinajstić information content (AvgIpc) is 2.49. The molecule has 6 heteroatoms. The monoisotopic (exact) mass is 294 g/mol. The SMILES string of the molecule is COC(=O)C(CCC(C)N)NC(=O)OCc1ccccc1. The van der Waals surface area contributed by atoms with Crippen LogP contribution in [0.2, 0.25) is 0 Å². The number of ether oxygens (including phenoxy) is 2. The third kappa shape index (κ3) is 6.76. The van der Waals surface area contributed by atoms with Gasteiger partial charge in [0.1, 0.15) is 12.6 Å². The van der Waals surface area contributed by atoms with E-state index in [9.17, 15) is 9.59 Å². The van der Waals surface area contributed by atoms with Gasteiger partial charge in [0.15, 0.2) is 0 Å². The van der Waals surface area contributed by atoms with Gasteiger partial charge >= 0.3 is 12.1 Å². The summed E-state index contributed by atoms with van der Waals surface area (Å²) in [7, 11) is 1.28. The summed E-state index contributed by atoms with van der Waals surface area (Å²) in [5.74, 6) is -0.507. The van der Waals surface area contributed by atoms with Crippen molar-refractivity contribution in [3.05, 3.63) is 35.9 Å². The Morgan fingerprint density at radius 1 is 1.24 bits per heavy atom. The first-order chi connectivity index (χ1) is 10.0. The van der Waals surface area contributed by atoms with E-state index in [2.05, 4.69) is 10.1 Å². The highest BCUT2D eigenvalue weighted by atomic mass is 16.6. The minimum atomic E-state index is -0.746. The van der Waals surface area contributed by atoms with Crippen molar-refractivity contribution in [2.45, 2.75) is 38.5 Å². The van der Waals surface area contributed by atoms with Gasteiger partial charge in [0.2, 0.25) is 0 Å². The summed E-state index contributed by atoms with van der Waals surface area (Å²) in [6, 6.07) is 8.49. The summed E-state index contributed by atoms with van der Waals surface area (Å²) >= 11 is 0. The lowest BCUT2D eigenvalue weighted by atomic mass is 10.1. The third-order valence-corrected chi connectivity index (χ3v) is 2.90. The van der Waals surface area contributed by atoms with Crippen molar-refractivity contribution >= 4 is 12.1 Å². The van der Waals surface area contributed by atoms with E-state index in [-0.39, 0.29) is 12.6 Å². The molecule has 1 rings (SSSR count). The number of esters is 1. The van der Waals surface area contributed by atoms with Gasteiger partial charge in [-0.2, -0.15) is 0 Å². The molecule has 3 N–H and O–H groups in total. The molecule has 0 aliphatic heterocycles. The number of nitrogens with one attached hydrogen (secondary N) is 1. The number of hydrogen-bond donors (Lipinski definition) is 2. The van der Waals surface area contributed by atoms with Gasteiger partial charge in [-0.1, -0.05) is 30.3 Å². The average molecular weight is 294 g/mol. The second-order valence-electron chi connectivity index (χ2n) is 4.84. The molecule has 1 aromatic carbocycles. The molecule has 0 aliphatic rings. The summed E-state index contributed by atoms with van der Waals surface area (Å²) in [6.07, 6.45) is 0.350. The second kappa shape index (κ2) is 8.97. The molecule has 0 spiro atoms. The largest absolute Gasteiger partial charge is 0.467 e. The molecule has 0 bridgehead atoms. The molecular weight excluding hydrogens is 272 g/mol. The smallest absolute Gasteiger partial charge is 0.408 e. The van der Waals surface area contributed by atoms with Gasteiger partial charge in [-0.25, -0.2) is 9.59 Å². The van der Waals surface area contributed by atoms with Crippen molar-refractivity contribution in [3.63, 3.8) is 0 Å². The summed E-state index contributed by atoms with van der Waals surface area (Å²) in [5, 5.41) is 2.50. The molecule has 116 valence electrons. The highest BCUT2D eigenvalue weighted by molar-refractivity contribution is 5.81. The van der Waals surface area contributed by atoms with Crippen molar-refractivity contribution in [2.24, 2.45) is 5.73 Å². The fraction of sp³-hybridized carbons (Fsp3) is 0.467. The van der Waals surface area contributed by atoms with Crippen LogP contribution in [0, 0.1) is 0 Å². The Morgan fingerprint density at radius 2 is 1.90 bits per heavy atom. The Labute approximate surface area is 124 Å². The lowest BCUT2D eigenvalue weighted by Gasteiger charge is -2.17. The van der Waals surface area contributed by atoms with Gasteiger partial charge in [-0.3, -0.25) is 0 Å². The molecule has 2 atom stereocenters. The van der Waals surface area contributed by atoms with E-state index in [1.165, 1.54) is 7.11 Å². The molecule has 0 radical (unpaired) electrons. The Kier molecular flexibility index (Phi) is 7.25. The van der Waals surface area contributed by atoms with E-state index in [0.717, 1.165) is 5.56 Å². The second-order valence-corrected chi connectivity index (χ2v) is 4.84. The highest BCUT2D eigenvalue weighted by Crippen LogP contribution is 2.04. The number of nitrogens with two attached hydrogens (primary N) is 1. The quantitative estimate of drug-likeness (QED) is 0.745. The van der Waals surface area contributed by atoms with E-state index in [1.54, 1.807) is 0 Å². The number of alkyl carbamates (subject to hydrolysis) is 1. The third-order valence-electron chi connectivity index (χ3n) is 2.90. The van der Waals surface area contributed by atoms with Crippen LogP contribution in [0.15, 0.2) is 30.3 Å². The van der Waals surface area contributed by atoms with Crippen LogP contribution >= 0.6 is 0 Å².